The molecule has 0 rings (SSSR count). The van der Waals surface area contributed by atoms with Crippen molar-refractivity contribution in [1.29, 1.82) is 0 Å². The molecule has 7 heavy (non-hydrogen) atoms. The first-order valence-electron chi connectivity index (χ1n) is 2.00. The SMILES string of the molecule is CCCC[Te].I.I. The number of unbranched alkanes of at least 4 members (excludes halogenated alkanes) is 1. The summed E-state index contributed by atoms with van der Waals surface area (Å²) in [4.78, 5) is 0. The zero-order chi connectivity index (χ0) is 4.12. The summed E-state index contributed by atoms with van der Waals surface area (Å²) in [5, 5.41) is 0. The van der Waals surface area contributed by atoms with Crippen LogP contribution in [-0.4, -0.2) is 22.3 Å². The van der Waals surface area contributed by atoms with E-state index in [2.05, 4.69) is 29.2 Å². The molecule has 0 aromatic carbocycles. The molecular formula is C4H11I2Te. The molecule has 0 amide bonds. The van der Waals surface area contributed by atoms with E-state index in [0.717, 1.165) is 0 Å². The van der Waals surface area contributed by atoms with E-state index in [9.17, 15) is 0 Å². The van der Waals surface area contributed by atoms with E-state index in [1.807, 2.05) is 0 Å². The van der Waals surface area contributed by atoms with Gasteiger partial charge >= 0.3 is 46.5 Å². The molecule has 0 bridgehead atoms. The topological polar surface area (TPSA) is 0 Å². The second-order valence-corrected chi connectivity index (χ2v) is 2.22. The summed E-state index contributed by atoms with van der Waals surface area (Å²) < 4.78 is 1.35. The van der Waals surface area contributed by atoms with E-state index in [1.165, 1.54) is 17.3 Å². The largest absolute Gasteiger partial charge is 0.107 e. The molecule has 0 nitrogen and oxygen atoms in total. The smallest absolute Gasteiger partial charge is 0.107 e. The van der Waals surface area contributed by atoms with Gasteiger partial charge in [-0.15, -0.1) is 48.0 Å². The first-order valence-corrected chi connectivity index (χ1v) is 3.64. The summed E-state index contributed by atoms with van der Waals surface area (Å²) in [6.07, 6.45) is 2.74. The van der Waals surface area contributed by atoms with Gasteiger partial charge in [0, 0.05) is 0 Å². The van der Waals surface area contributed by atoms with Crippen molar-refractivity contribution < 1.29 is 0 Å². The average molecular weight is 441 g/mol. The second kappa shape index (κ2) is 15.7. The molecule has 0 spiro atoms. The zero-order valence-corrected chi connectivity index (χ0v) is 11.3. The van der Waals surface area contributed by atoms with Crippen LogP contribution in [0.3, 0.4) is 0 Å². The monoisotopic (exact) mass is 443 g/mol. The van der Waals surface area contributed by atoms with Crippen molar-refractivity contribution in [3.63, 3.8) is 0 Å². The minimum absolute atomic E-state index is 0. The minimum Gasteiger partial charge on any atom is -0.107 e. The average Bonchev–Trinajstić information content (AvgIpc) is 1.41. The van der Waals surface area contributed by atoms with Crippen molar-refractivity contribution in [2.75, 3.05) is 0 Å². The molecule has 3 heteroatoms. The Morgan fingerprint density at radius 3 is 1.71 bits per heavy atom. The van der Waals surface area contributed by atoms with Crippen LogP contribution in [0.15, 0.2) is 0 Å². The Labute approximate surface area is 93.1 Å². The Morgan fingerprint density at radius 1 is 1.29 bits per heavy atom. The number of rotatable bonds is 2. The zero-order valence-electron chi connectivity index (χ0n) is 4.35. The van der Waals surface area contributed by atoms with Crippen LogP contribution in [-0.2, 0) is 0 Å². The van der Waals surface area contributed by atoms with Gasteiger partial charge in [-0.2, -0.15) is 0 Å². The predicted octanol–water partition coefficient (Wildman–Crippen LogP) is 2.61. The Morgan fingerprint density at radius 2 is 1.71 bits per heavy atom. The molecule has 0 saturated carbocycles. The van der Waals surface area contributed by atoms with Crippen molar-refractivity contribution >= 4 is 70.2 Å². The molecule has 1 radical (unpaired) electrons. The summed E-state index contributed by atoms with van der Waals surface area (Å²) in [6, 6.07) is 0. The molecule has 47 valence electrons. The molecule has 0 aromatic heterocycles. The fourth-order valence-corrected chi connectivity index (χ4v) is 0.968. The normalized spacial score (nSPS) is 6.00. The third-order valence-corrected chi connectivity index (χ3v) is 1.32. The standard InChI is InChI=1S/C4H9Te.2HI/c1-2-3-4-5;;/h2-4H2,1H3;2*1H. The summed E-state index contributed by atoms with van der Waals surface area (Å²) in [5.74, 6) is 0. The molecule has 0 aliphatic rings. The van der Waals surface area contributed by atoms with Crippen molar-refractivity contribution in [3.05, 3.63) is 0 Å². The van der Waals surface area contributed by atoms with Gasteiger partial charge in [0.05, 0.1) is 0 Å². The molecule has 0 unspecified atom stereocenters. The third kappa shape index (κ3) is 17.8. The fourth-order valence-electron chi connectivity index (χ4n) is 0.144. The van der Waals surface area contributed by atoms with Crippen LogP contribution in [0.2, 0.25) is 4.47 Å². The Bertz CT molecular complexity index is 17.2. The van der Waals surface area contributed by atoms with E-state index in [1.54, 1.807) is 0 Å². The fraction of sp³-hybridized carbons (Fsp3) is 1.00. The van der Waals surface area contributed by atoms with Crippen LogP contribution in [0.5, 0.6) is 0 Å². The van der Waals surface area contributed by atoms with E-state index in [0.29, 0.717) is 0 Å². The van der Waals surface area contributed by atoms with Crippen molar-refractivity contribution in [2.24, 2.45) is 0 Å². The quantitative estimate of drug-likeness (QED) is 0.458. The molecular weight excluding hydrogens is 429 g/mol. The van der Waals surface area contributed by atoms with E-state index in [4.69, 9.17) is 0 Å². The van der Waals surface area contributed by atoms with Crippen LogP contribution >= 0.6 is 48.0 Å². The maximum Gasteiger partial charge on any atom is -0.107 e. The van der Waals surface area contributed by atoms with Gasteiger partial charge in [-0.05, 0) is 0 Å². The molecule has 0 saturated heterocycles. The van der Waals surface area contributed by atoms with Gasteiger partial charge in [0.25, 0.3) is 0 Å². The Balaban J connectivity index is -0.0000000800. The predicted molar refractivity (Wildman–Crippen MR) is 56.3 cm³/mol. The molecule has 0 aromatic rings. The molecule has 0 aliphatic carbocycles. The number of hydrogen-bond acceptors (Lipinski definition) is 0. The third-order valence-electron chi connectivity index (χ3n) is 0.498. The van der Waals surface area contributed by atoms with E-state index in [-0.39, 0.29) is 48.0 Å². The maximum atomic E-state index is 2.21. The first kappa shape index (κ1) is 16.1. The summed E-state index contributed by atoms with van der Waals surface area (Å²) in [5.41, 5.74) is 0. The van der Waals surface area contributed by atoms with Crippen molar-refractivity contribution in [3.8, 4) is 0 Å². The summed E-state index contributed by atoms with van der Waals surface area (Å²) >= 11 is 2.15. The minimum atomic E-state index is 0. The Hall–Kier alpha value is 2.25. The summed E-state index contributed by atoms with van der Waals surface area (Å²) in [7, 11) is 0. The molecule has 0 N–H and O–H groups in total. The van der Waals surface area contributed by atoms with Crippen LogP contribution < -0.4 is 0 Å². The molecule has 0 heterocycles. The van der Waals surface area contributed by atoms with Gasteiger partial charge in [-0.25, -0.2) is 0 Å². The van der Waals surface area contributed by atoms with Crippen LogP contribution in [0.25, 0.3) is 0 Å². The van der Waals surface area contributed by atoms with E-state index < -0.39 is 0 Å². The maximum absolute atomic E-state index is 2.21. The first-order chi connectivity index (χ1) is 2.41. The van der Waals surface area contributed by atoms with Gasteiger partial charge in [0.1, 0.15) is 0 Å². The number of halogens is 2. The molecule has 0 atom stereocenters. The van der Waals surface area contributed by atoms with Gasteiger partial charge in [-0.3, -0.25) is 0 Å². The Kier molecular flexibility index (Phi) is 36.2. The molecule has 0 aliphatic heterocycles. The van der Waals surface area contributed by atoms with Crippen molar-refractivity contribution in [1.82, 2.24) is 0 Å². The van der Waals surface area contributed by atoms with Gasteiger partial charge < -0.3 is 0 Å². The molecule has 0 fully saturated rings. The second-order valence-electron chi connectivity index (χ2n) is 1.06. The van der Waals surface area contributed by atoms with Crippen molar-refractivity contribution in [2.45, 2.75) is 24.2 Å². The van der Waals surface area contributed by atoms with Crippen LogP contribution in [0.4, 0.5) is 0 Å². The number of hydrogen-bond donors (Lipinski definition) is 0. The van der Waals surface area contributed by atoms with Crippen LogP contribution in [0, 0.1) is 0 Å². The van der Waals surface area contributed by atoms with Crippen LogP contribution in [0.1, 0.15) is 19.8 Å². The van der Waals surface area contributed by atoms with Gasteiger partial charge in [0.15, 0.2) is 0 Å². The summed E-state index contributed by atoms with van der Waals surface area (Å²) in [6.45, 7) is 2.21. The van der Waals surface area contributed by atoms with Gasteiger partial charge in [-0.1, -0.05) is 0 Å². The van der Waals surface area contributed by atoms with Gasteiger partial charge in [0.2, 0.25) is 0 Å². The van der Waals surface area contributed by atoms with E-state index >= 15 is 0 Å².